The van der Waals surface area contributed by atoms with Gasteiger partial charge in [0.2, 0.25) is 0 Å². The van der Waals surface area contributed by atoms with Crippen molar-refractivity contribution in [1.82, 2.24) is 10.2 Å². The number of thioether (sulfide) groups is 1. The largest absolute Gasteiger partial charge is 0.489 e. The number of nitrogens with two attached hydrogens (primary N) is 1. The summed E-state index contributed by atoms with van der Waals surface area (Å²) in [5, 5.41) is 6.89. The highest BCUT2D eigenvalue weighted by Gasteiger charge is 2.19. The number of H-pyrrole nitrogens is 1. The van der Waals surface area contributed by atoms with Crippen molar-refractivity contribution >= 4 is 17.6 Å². The Morgan fingerprint density at radius 1 is 1.39 bits per heavy atom. The van der Waals surface area contributed by atoms with Crippen molar-refractivity contribution < 1.29 is 4.74 Å². The fraction of sp³-hybridized carbons (Fsp3) is 0.308. The Labute approximate surface area is 110 Å². The molecule has 4 nitrogen and oxygen atoms in total. The summed E-state index contributed by atoms with van der Waals surface area (Å²) in [6.07, 6.45) is 1.43. The maximum absolute atomic E-state index is 6.06. The predicted molar refractivity (Wildman–Crippen MR) is 74.8 cm³/mol. The van der Waals surface area contributed by atoms with E-state index in [1.54, 1.807) is 0 Å². The standard InChI is InChI=1S/C13H15N3OS/c14-13-7-11(15-16-13)10-3-1-2-4-12(10)17-9-5-6-18-8-9/h1-4,7,9H,5-6,8H2,(H3,14,15,16). The third kappa shape index (κ3) is 2.31. The molecule has 1 aromatic carbocycles. The highest BCUT2D eigenvalue weighted by atomic mass is 32.2. The number of nitrogens with one attached hydrogen (secondary N) is 1. The summed E-state index contributed by atoms with van der Waals surface area (Å²) in [5.74, 6) is 3.65. The van der Waals surface area contributed by atoms with Gasteiger partial charge in [0.25, 0.3) is 0 Å². The van der Waals surface area contributed by atoms with E-state index in [1.165, 1.54) is 5.75 Å². The monoisotopic (exact) mass is 261 g/mol. The Morgan fingerprint density at radius 3 is 3.00 bits per heavy atom. The number of aromatic amines is 1. The molecule has 94 valence electrons. The van der Waals surface area contributed by atoms with E-state index in [0.717, 1.165) is 29.2 Å². The Kier molecular flexibility index (Phi) is 3.15. The molecule has 2 aromatic rings. The zero-order valence-corrected chi connectivity index (χ0v) is 10.7. The smallest absolute Gasteiger partial charge is 0.145 e. The molecular formula is C13H15N3OS. The number of ether oxygens (including phenoxy) is 1. The van der Waals surface area contributed by atoms with Crippen LogP contribution < -0.4 is 10.5 Å². The first-order chi connectivity index (χ1) is 8.83. The van der Waals surface area contributed by atoms with E-state index in [0.29, 0.717) is 11.9 Å². The molecule has 1 fully saturated rings. The molecule has 2 heterocycles. The highest BCUT2D eigenvalue weighted by Crippen LogP contribution is 2.32. The number of benzene rings is 1. The number of hydrogen-bond donors (Lipinski definition) is 2. The van der Waals surface area contributed by atoms with Gasteiger partial charge in [-0.3, -0.25) is 5.10 Å². The average molecular weight is 261 g/mol. The van der Waals surface area contributed by atoms with Crippen LogP contribution in [0.4, 0.5) is 5.82 Å². The van der Waals surface area contributed by atoms with Crippen LogP contribution in [0.25, 0.3) is 11.3 Å². The van der Waals surface area contributed by atoms with E-state index in [4.69, 9.17) is 10.5 Å². The maximum Gasteiger partial charge on any atom is 0.145 e. The molecule has 0 aliphatic carbocycles. The van der Waals surface area contributed by atoms with Gasteiger partial charge >= 0.3 is 0 Å². The summed E-state index contributed by atoms with van der Waals surface area (Å²) in [6.45, 7) is 0. The molecule has 3 N–H and O–H groups in total. The van der Waals surface area contributed by atoms with Crippen molar-refractivity contribution in [2.24, 2.45) is 0 Å². The average Bonchev–Trinajstić information content (AvgIpc) is 3.02. The molecule has 1 aliphatic rings. The summed E-state index contributed by atoms with van der Waals surface area (Å²) in [6, 6.07) is 9.81. The SMILES string of the molecule is Nc1cc(-c2ccccc2OC2CCSC2)[nH]n1. The quantitative estimate of drug-likeness (QED) is 0.891. The molecule has 1 unspecified atom stereocenters. The van der Waals surface area contributed by atoms with Crippen LogP contribution in [0.1, 0.15) is 6.42 Å². The molecule has 1 aromatic heterocycles. The van der Waals surface area contributed by atoms with Gasteiger partial charge < -0.3 is 10.5 Å². The first kappa shape index (κ1) is 11.5. The first-order valence-corrected chi connectivity index (χ1v) is 7.13. The van der Waals surface area contributed by atoms with Crippen LogP contribution in [0.15, 0.2) is 30.3 Å². The fourth-order valence-corrected chi connectivity index (χ4v) is 3.15. The second-order valence-electron chi connectivity index (χ2n) is 4.31. The van der Waals surface area contributed by atoms with Gasteiger partial charge in [-0.05, 0) is 24.3 Å². The maximum atomic E-state index is 6.06. The van der Waals surface area contributed by atoms with Crippen LogP contribution in [0.5, 0.6) is 5.75 Å². The number of rotatable bonds is 3. The summed E-state index contributed by atoms with van der Waals surface area (Å²) in [5.41, 5.74) is 7.55. The molecule has 0 bridgehead atoms. The molecule has 1 saturated heterocycles. The summed E-state index contributed by atoms with van der Waals surface area (Å²) < 4.78 is 6.06. The zero-order valence-electron chi connectivity index (χ0n) is 9.93. The van der Waals surface area contributed by atoms with Crippen molar-refractivity contribution in [3.8, 4) is 17.0 Å². The Balaban J connectivity index is 1.89. The molecule has 0 radical (unpaired) electrons. The van der Waals surface area contributed by atoms with E-state index >= 15 is 0 Å². The number of para-hydroxylation sites is 1. The summed E-state index contributed by atoms with van der Waals surface area (Å²) in [4.78, 5) is 0. The second-order valence-corrected chi connectivity index (χ2v) is 5.46. The van der Waals surface area contributed by atoms with Gasteiger partial charge in [-0.25, -0.2) is 0 Å². The van der Waals surface area contributed by atoms with Gasteiger partial charge in [0, 0.05) is 17.4 Å². The molecule has 18 heavy (non-hydrogen) atoms. The van der Waals surface area contributed by atoms with Gasteiger partial charge in [-0.1, -0.05) is 12.1 Å². The van der Waals surface area contributed by atoms with Gasteiger partial charge in [0.15, 0.2) is 0 Å². The summed E-state index contributed by atoms with van der Waals surface area (Å²) >= 11 is 1.94. The normalized spacial score (nSPS) is 19.0. The minimum atomic E-state index is 0.316. The fourth-order valence-electron chi connectivity index (χ4n) is 2.05. The minimum absolute atomic E-state index is 0.316. The Morgan fingerprint density at radius 2 is 2.28 bits per heavy atom. The second kappa shape index (κ2) is 4.94. The van der Waals surface area contributed by atoms with Gasteiger partial charge in [-0.15, -0.1) is 0 Å². The van der Waals surface area contributed by atoms with Crippen LogP contribution in [-0.2, 0) is 0 Å². The number of hydrogen-bond acceptors (Lipinski definition) is 4. The van der Waals surface area contributed by atoms with Gasteiger partial charge in [-0.2, -0.15) is 16.9 Å². The topological polar surface area (TPSA) is 63.9 Å². The molecular weight excluding hydrogens is 246 g/mol. The van der Waals surface area contributed by atoms with Gasteiger partial charge in [0.05, 0.1) is 5.69 Å². The molecule has 0 spiro atoms. The molecule has 0 saturated carbocycles. The van der Waals surface area contributed by atoms with E-state index in [9.17, 15) is 0 Å². The lowest BCUT2D eigenvalue weighted by Gasteiger charge is -2.15. The lowest BCUT2D eigenvalue weighted by molar-refractivity contribution is 0.230. The number of aromatic nitrogens is 2. The molecule has 1 atom stereocenters. The van der Waals surface area contributed by atoms with Crippen LogP contribution in [-0.4, -0.2) is 27.8 Å². The highest BCUT2D eigenvalue weighted by molar-refractivity contribution is 7.99. The van der Waals surface area contributed by atoms with Crippen LogP contribution in [0, 0.1) is 0 Å². The lowest BCUT2D eigenvalue weighted by atomic mass is 10.1. The Hall–Kier alpha value is -1.62. The third-order valence-electron chi connectivity index (χ3n) is 2.96. The number of anilines is 1. The van der Waals surface area contributed by atoms with Crippen molar-refractivity contribution in [3.63, 3.8) is 0 Å². The van der Waals surface area contributed by atoms with Crippen molar-refractivity contribution in [2.45, 2.75) is 12.5 Å². The van der Waals surface area contributed by atoms with E-state index in [2.05, 4.69) is 10.2 Å². The molecule has 3 rings (SSSR count). The van der Waals surface area contributed by atoms with E-state index < -0.39 is 0 Å². The minimum Gasteiger partial charge on any atom is -0.489 e. The summed E-state index contributed by atoms with van der Waals surface area (Å²) in [7, 11) is 0. The number of nitrogen functional groups attached to an aromatic ring is 1. The van der Waals surface area contributed by atoms with Crippen LogP contribution >= 0.6 is 11.8 Å². The zero-order chi connectivity index (χ0) is 12.4. The van der Waals surface area contributed by atoms with Crippen LogP contribution in [0.2, 0.25) is 0 Å². The first-order valence-electron chi connectivity index (χ1n) is 5.97. The Bertz CT molecular complexity index is 535. The molecule has 5 heteroatoms. The van der Waals surface area contributed by atoms with Crippen molar-refractivity contribution in [2.75, 3.05) is 17.2 Å². The lowest BCUT2D eigenvalue weighted by Crippen LogP contribution is -2.15. The van der Waals surface area contributed by atoms with E-state index in [1.807, 2.05) is 42.1 Å². The van der Waals surface area contributed by atoms with Crippen LogP contribution in [0.3, 0.4) is 0 Å². The van der Waals surface area contributed by atoms with Crippen molar-refractivity contribution in [3.05, 3.63) is 30.3 Å². The molecule has 0 amide bonds. The van der Waals surface area contributed by atoms with Gasteiger partial charge in [0.1, 0.15) is 17.7 Å². The predicted octanol–water partition coefficient (Wildman–Crippen LogP) is 2.54. The third-order valence-corrected chi connectivity index (χ3v) is 4.09. The van der Waals surface area contributed by atoms with Crippen molar-refractivity contribution in [1.29, 1.82) is 0 Å². The van der Waals surface area contributed by atoms with E-state index in [-0.39, 0.29) is 0 Å². The molecule has 1 aliphatic heterocycles. The number of nitrogens with zero attached hydrogens (tertiary/aromatic N) is 1.